The third-order valence-electron chi connectivity index (χ3n) is 3.21. The first-order valence-corrected chi connectivity index (χ1v) is 7.26. The van der Waals surface area contributed by atoms with E-state index in [1.807, 2.05) is 18.2 Å². The van der Waals surface area contributed by atoms with E-state index < -0.39 is 0 Å². The Balaban J connectivity index is 1.72. The number of nitrogens with one attached hydrogen (secondary N) is 2. The van der Waals surface area contributed by atoms with Gasteiger partial charge in [0, 0.05) is 17.4 Å². The molecule has 3 rings (SSSR count). The molecule has 1 aromatic heterocycles. The summed E-state index contributed by atoms with van der Waals surface area (Å²) < 4.78 is 8.76. The Labute approximate surface area is 121 Å². The van der Waals surface area contributed by atoms with Crippen LogP contribution in [0.1, 0.15) is 25.7 Å². The largest absolute Gasteiger partial charge is 0.408 e. The zero-order valence-electron chi connectivity index (χ0n) is 11.4. The van der Waals surface area contributed by atoms with Crippen molar-refractivity contribution in [3.8, 4) is 0 Å². The van der Waals surface area contributed by atoms with Gasteiger partial charge in [-0.15, -0.1) is 5.10 Å². The number of nitrogen functional groups attached to an aromatic ring is 1. The molecule has 0 unspecified atom stereocenters. The highest BCUT2D eigenvalue weighted by Gasteiger charge is 2.37. The lowest BCUT2D eigenvalue weighted by Gasteiger charge is -2.12. The second-order valence-corrected chi connectivity index (χ2v) is 6.14. The third-order valence-corrected chi connectivity index (χ3v) is 4.29. The maximum absolute atomic E-state index is 5.96. The normalized spacial score (nSPS) is 16.1. The lowest BCUT2D eigenvalue weighted by atomic mass is 10.3. The highest BCUT2D eigenvalue weighted by Crippen LogP contribution is 2.38. The zero-order valence-corrected chi connectivity index (χ0v) is 12.3. The van der Waals surface area contributed by atoms with Crippen LogP contribution in [-0.4, -0.2) is 15.7 Å². The van der Waals surface area contributed by atoms with E-state index in [-0.39, 0.29) is 5.54 Å². The Morgan fingerprint density at radius 1 is 1.35 bits per heavy atom. The van der Waals surface area contributed by atoms with E-state index in [2.05, 4.69) is 27.2 Å². The number of nitrogens with two attached hydrogens (primary N) is 1. The van der Waals surface area contributed by atoms with Crippen LogP contribution in [0, 0.1) is 6.92 Å². The minimum absolute atomic E-state index is 0.281. The van der Waals surface area contributed by atoms with Crippen molar-refractivity contribution >= 4 is 29.3 Å². The Morgan fingerprint density at radius 2 is 2.15 bits per heavy atom. The number of hydrogen-bond donors (Lipinski definition) is 3. The summed E-state index contributed by atoms with van der Waals surface area (Å²) in [6.45, 7) is 3.96. The molecule has 1 heterocycles. The van der Waals surface area contributed by atoms with Gasteiger partial charge in [0.15, 0.2) is 0 Å². The number of anilines is 3. The van der Waals surface area contributed by atoms with E-state index in [4.69, 9.17) is 10.2 Å². The van der Waals surface area contributed by atoms with Gasteiger partial charge in [0.2, 0.25) is 5.89 Å². The minimum atomic E-state index is 0.281. The molecule has 1 aliphatic carbocycles. The Bertz CT molecular complexity index is 623. The molecule has 0 atom stereocenters. The van der Waals surface area contributed by atoms with Crippen LogP contribution in [-0.2, 0) is 0 Å². The first kappa shape index (κ1) is 13.3. The zero-order chi connectivity index (χ0) is 14.2. The number of hydrogen-bond acceptors (Lipinski definition) is 7. The van der Waals surface area contributed by atoms with Crippen molar-refractivity contribution in [3.05, 3.63) is 24.1 Å². The molecule has 0 radical (unpaired) electrons. The molecular formula is C13H17N5OS. The predicted octanol–water partition coefficient (Wildman–Crippen LogP) is 2.85. The second kappa shape index (κ2) is 4.99. The maximum atomic E-state index is 5.96. The second-order valence-electron chi connectivity index (χ2n) is 5.27. The lowest BCUT2D eigenvalue weighted by molar-refractivity contribution is 0.535. The van der Waals surface area contributed by atoms with E-state index in [1.54, 1.807) is 18.9 Å². The Hall–Kier alpha value is -1.73. The van der Waals surface area contributed by atoms with Crippen molar-refractivity contribution in [3.63, 3.8) is 0 Å². The molecule has 1 aliphatic rings. The van der Waals surface area contributed by atoms with Gasteiger partial charge in [0.1, 0.15) is 0 Å². The van der Waals surface area contributed by atoms with E-state index in [0.717, 1.165) is 10.6 Å². The molecule has 1 fully saturated rings. The molecule has 0 amide bonds. The fraction of sp³-hybridized carbons (Fsp3) is 0.385. The average molecular weight is 291 g/mol. The standard InChI is InChI=1S/C13H17N5OS/c1-8-16-17-12(19-8)15-11-7-9(3-4-10(11)14)20-18-13(2)5-6-13/h3-4,7,18H,5-6,14H2,1-2H3,(H,15,17). The van der Waals surface area contributed by atoms with Crippen LogP contribution >= 0.6 is 11.9 Å². The smallest absolute Gasteiger partial charge is 0.320 e. The summed E-state index contributed by atoms with van der Waals surface area (Å²) >= 11 is 1.62. The van der Waals surface area contributed by atoms with Crippen LogP contribution in [0.4, 0.5) is 17.4 Å². The molecule has 20 heavy (non-hydrogen) atoms. The SMILES string of the molecule is Cc1nnc(Nc2cc(SNC3(C)CC3)ccc2N)o1. The maximum Gasteiger partial charge on any atom is 0.320 e. The van der Waals surface area contributed by atoms with Crippen molar-refractivity contribution < 1.29 is 4.42 Å². The van der Waals surface area contributed by atoms with Gasteiger partial charge in [-0.2, -0.15) is 0 Å². The summed E-state index contributed by atoms with van der Waals surface area (Å²) in [5, 5.41) is 10.7. The lowest BCUT2D eigenvalue weighted by Crippen LogP contribution is -2.19. The molecule has 7 heteroatoms. The van der Waals surface area contributed by atoms with Gasteiger partial charge in [0.05, 0.1) is 11.4 Å². The number of aromatic nitrogens is 2. The minimum Gasteiger partial charge on any atom is -0.408 e. The summed E-state index contributed by atoms with van der Waals surface area (Å²) in [6.07, 6.45) is 2.45. The summed E-state index contributed by atoms with van der Waals surface area (Å²) in [7, 11) is 0. The molecule has 6 nitrogen and oxygen atoms in total. The molecule has 0 spiro atoms. The van der Waals surface area contributed by atoms with Crippen molar-refractivity contribution in [1.82, 2.24) is 14.9 Å². The molecule has 106 valence electrons. The first-order chi connectivity index (χ1) is 9.54. The van der Waals surface area contributed by atoms with Crippen LogP contribution in [0.3, 0.4) is 0 Å². The number of rotatable bonds is 5. The monoisotopic (exact) mass is 291 g/mol. The van der Waals surface area contributed by atoms with Crippen LogP contribution in [0.2, 0.25) is 0 Å². The van der Waals surface area contributed by atoms with Crippen LogP contribution in [0.25, 0.3) is 0 Å². The van der Waals surface area contributed by atoms with Crippen molar-refractivity contribution in [2.45, 2.75) is 37.1 Å². The summed E-state index contributed by atoms with van der Waals surface area (Å²) in [5.74, 6) is 0.514. The van der Waals surface area contributed by atoms with Gasteiger partial charge >= 0.3 is 6.01 Å². The fourth-order valence-electron chi connectivity index (χ4n) is 1.64. The molecule has 2 aromatic rings. The van der Waals surface area contributed by atoms with Crippen molar-refractivity contribution in [2.75, 3.05) is 11.1 Å². The summed E-state index contributed by atoms with van der Waals surface area (Å²) in [4.78, 5) is 1.09. The number of aryl methyl sites for hydroxylation is 1. The Kier molecular flexibility index (Phi) is 3.31. The van der Waals surface area contributed by atoms with Gasteiger partial charge in [-0.3, -0.25) is 4.72 Å². The summed E-state index contributed by atoms with van der Waals surface area (Å²) in [6, 6.07) is 6.17. The van der Waals surface area contributed by atoms with Gasteiger partial charge in [0.25, 0.3) is 0 Å². The molecule has 4 N–H and O–H groups in total. The number of benzene rings is 1. The van der Waals surface area contributed by atoms with Gasteiger partial charge in [-0.25, -0.2) is 0 Å². The van der Waals surface area contributed by atoms with E-state index in [0.29, 0.717) is 17.6 Å². The van der Waals surface area contributed by atoms with Crippen molar-refractivity contribution in [1.29, 1.82) is 0 Å². The Morgan fingerprint density at radius 3 is 2.80 bits per heavy atom. The first-order valence-electron chi connectivity index (χ1n) is 6.45. The molecule has 1 aromatic carbocycles. The fourth-order valence-corrected chi connectivity index (χ4v) is 2.52. The molecule has 0 saturated heterocycles. The van der Waals surface area contributed by atoms with Gasteiger partial charge < -0.3 is 15.5 Å². The van der Waals surface area contributed by atoms with Crippen LogP contribution in [0.15, 0.2) is 27.5 Å². The molecule has 0 bridgehead atoms. The van der Waals surface area contributed by atoms with E-state index in [1.165, 1.54) is 12.8 Å². The van der Waals surface area contributed by atoms with E-state index >= 15 is 0 Å². The van der Waals surface area contributed by atoms with Crippen LogP contribution in [0.5, 0.6) is 0 Å². The van der Waals surface area contributed by atoms with Gasteiger partial charge in [-0.1, -0.05) is 5.10 Å². The quantitative estimate of drug-likeness (QED) is 0.576. The highest BCUT2D eigenvalue weighted by molar-refractivity contribution is 7.97. The number of nitrogens with zero attached hydrogens (tertiary/aromatic N) is 2. The molecular weight excluding hydrogens is 274 g/mol. The predicted molar refractivity (Wildman–Crippen MR) is 79.8 cm³/mol. The van der Waals surface area contributed by atoms with Gasteiger partial charge in [-0.05, 0) is 49.9 Å². The molecule has 0 aliphatic heterocycles. The van der Waals surface area contributed by atoms with E-state index in [9.17, 15) is 0 Å². The topological polar surface area (TPSA) is 89.0 Å². The third kappa shape index (κ3) is 3.05. The highest BCUT2D eigenvalue weighted by atomic mass is 32.2. The van der Waals surface area contributed by atoms with Crippen molar-refractivity contribution in [2.24, 2.45) is 0 Å². The summed E-state index contributed by atoms with van der Waals surface area (Å²) in [5.41, 5.74) is 7.64. The van der Waals surface area contributed by atoms with Crippen LogP contribution < -0.4 is 15.8 Å². The average Bonchev–Trinajstić information content (AvgIpc) is 3.01. The molecule has 1 saturated carbocycles.